The molecule has 0 bridgehead atoms. The average Bonchev–Trinajstić information content (AvgIpc) is 3.04. The minimum absolute atomic E-state index is 0.298. The molecule has 1 spiro atoms. The number of piperidine rings is 1. The van der Waals surface area contributed by atoms with Crippen LogP contribution in [0.25, 0.3) is 0 Å². The first-order valence-electron chi connectivity index (χ1n) is 8.52. The Bertz CT molecular complexity index is 361. The number of aliphatic hydroxyl groups is 1. The second-order valence-corrected chi connectivity index (χ2v) is 6.75. The summed E-state index contributed by atoms with van der Waals surface area (Å²) in [5, 5.41) is 10.2. The van der Waals surface area contributed by atoms with Gasteiger partial charge in [-0.3, -0.25) is 4.79 Å². The van der Waals surface area contributed by atoms with Crippen LogP contribution in [0.3, 0.4) is 0 Å². The third-order valence-corrected chi connectivity index (χ3v) is 5.42. The highest BCUT2D eigenvalue weighted by Gasteiger charge is 2.43. The SMILES string of the molecule is O=C(CCN1CCC2(CC1)OCCC[C@@H]2O)N1CCCC1. The van der Waals surface area contributed by atoms with Crippen molar-refractivity contribution in [3.05, 3.63) is 0 Å². The summed E-state index contributed by atoms with van der Waals surface area (Å²) >= 11 is 0. The van der Waals surface area contributed by atoms with Crippen LogP contribution in [0.2, 0.25) is 0 Å². The van der Waals surface area contributed by atoms with Crippen LogP contribution >= 0.6 is 0 Å². The Morgan fingerprint density at radius 1 is 1.14 bits per heavy atom. The Morgan fingerprint density at radius 2 is 1.86 bits per heavy atom. The van der Waals surface area contributed by atoms with Crippen LogP contribution in [0.4, 0.5) is 0 Å². The first-order chi connectivity index (χ1) is 10.2. The van der Waals surface area contributed by atoms with E-state index in [0.29, 0.717) is 12.3 Å². The van der Waals surface area contributed by atoms with Gasteiger partial charge >= 0.3 is 0 Å². The van der Waals surface area contributed by atoms with Crippen molar-refractivity contribution in [2.24, 2.45) is 0 Å². The Labute approximate surface area is 127 Å². The lowest BCUT2D eigenvalue weighted by Crippen LogP contribution is -2.55. The molecule has 0 aromatic rings. The number of nitrogens with zero attached hydrogens (tertiary/aromatic N) is 2. The van der Waals surface area contributed by atoms with Gasteiger partial charge < -0.3 is 19.6 Å². The van der Waals surface area contributed by atoms with Gasteiger partial charge in [0, 0.05) is 45.8 Å². The fourth-order valence-corrected chi connectivity index (χ4v) is 3.92. The van der Waals surface area contributed by atoms with Crippen LogP contribution in [-0.2, 0) is 9.53 Å². The van der Waals surface area contributed by atoms with Gasteiger partial charge in [0.1, 0.15) is 0 Å². The van der Waals surface area contributed by atoms with Crippen LogP contribution < -0.4 is 0 Å². The van der Waals surface area contributed by atoms with E-state index < -0.39 is 0 Å². The number of rotatable bonds is 3. The van der Waals surface area contributed by atoms with Crippen molar-refractivity contribution in [3.63, 3.8) is 0 Å². The molecule has 3 saturated heterocycles. The van der Waals surface area contributed by atoms with Crippen molar-refractivity contribution in [2.75, 3.05) is 39.3 Å². The van der Waals surface area contributed by atoms with Gasteiger partial charge in [0.05, 0.1) is 11.7 Å². The maximum atomic E-state index is 12.1. The Morgan fingerprint density at radius 3 is 2.52 bits per heavy atom. The molecule has 3 heterocycles. The van der Waals surface area contributed by atoms with E-state index in [1.165, 1.54) is 0 Å². The van der Waals surface area contributed by atoms with Crippen LogP contribution in [0.15, 0.2) is 0 Å². The van der Waals surface area contributed by atoms with Crippen LogP contribution in [0.1, 0.15) is 44.9 Å². The fraction of sp³-hybridized carbons (Fsp3) is 0.938. The van der Waals surface area contributed by atoms with Crippen molar-refractivity contribution in [1.29, 1.82) is 0 Å². The second-order valence-electron chi connectivity index (χ2n) is 6.75. The third kappa shape index (κ3) is 3.41. The highest BCUT2D eigenvalue weighted by molar-refractivity contribution is 5.76. The number of carbonyl (C=O) groups is 1. The van der Waals surface area contributed by atoms with Gasteiger partial charge in [-0.2, -0.15) is 0 Å². The molecule has 1 amide bonds. The van der Waals surface area contributed by atoms with E-state index in [9.17, 15) is 9.90 Å². The minimum atomic E-state index is -0.306. The molecule has 120 valence electrons. The van der Waals surface area contributed by atoms with Crippen LogP contribution in [0.5, 0.6) is 0 Å². The highest BCUT2D eigenvalue weighted by Crippen LogP contribution is 2.35. The molecule has 21 heavy (non-hydrogen) atoms. The summed E-state index contributed by atoms with van der Waals surface area (Å²) in [6.45, 7) is 5.39. The highest BCUT2D eigenvalue weighted by atomic mass is 16.5. The molecule has 3 aliphatic heterocycles. The fourth-order valence-electron chi connectivity index (χ4n) is 3.92. The van der Waals surface area contributed by atoms with Gasteiger partial charge in [-0.25, -0.2) is 0 Å². The van der Waals surface area contributed by atoms with E-state index in [1.807, 2.05) is 4.90 Å². The lowest BCUT2D eigenvalue weighted by molar-refractivity contribution is -0.176. The van der Waals surface area contributed by atoms with Crippen molar-refractivity contribution < 1.29 is 14.6 Å². The maximum absolute atomic E-state index is 12.1. The molecular formula is C16H28N2O3. The smallest absolute Gasteiger partial charge is 0.223 e. The van der Waals surface area contributed by atoms with E-state index in [0.717, 1.165) is 77.9 Å². The molecule has 5 heteroatoms. The summed E-state index contributed by atoms with van der Waals surface area (Å²) in [7, 11) is 0. The standard InChI is InChI=1S/C16H28N2O3/c19-14-4-3-13-21-16(14)6-11-17(12-7-16)10-5-15(20)18-8-1-2-9-18/h14,19H,1-13H2/t14-/m0/s1. The topological polar surface area (TPSA) is 53.0 Å². The Balaban J connectivity index is 1.42. The van der Waals surface area contributed by atoms with E-state index in [-0.39, 0.29) is 11.7 Å². The Kier molecular flexibility index (Phi) is 4.82. The molecule has 0 saturated carbocycles. The van der Waals surface area contributed by atoms with Crippen molar-refractivity contribution in [2.45, 2.75) is 56.7 Å². The quantitative estimate of drug-likeness (QED) is 0.844. The average molecular weight is 296 g/mol. The zero-order valence-corrected chi connectivity index (χ0v) is 12.9. The van der Waals surface area contributed by atoms with Crippen molar-refractivity contribution in [1.82, 2.24) is 9.80 Å². The van der Waals surface area contributed by atoms with Gasteiger partial charge in [0.2, 0.25) is 5.91 Å². The molecule has 3 aliphatic rings. The number of aliphatic hydroxyl groups excluding tert-OH is 1. The third-order valence-electron chi connectivity index (χ3n) is 5.42. The zero-order valence-electron chi connectivity index (χ0n) is 12.9. The number of amides is 1. The molecule has 1 N–H and O–H groups in total. The summed E-state index contributed by atoms with van der Waals surface area (Å²) in [5.74, 6) is 0.307. The number of carbonyl (C=O) groups excluding carboxylic acids is 1. The van der Waals surface area contributed by atoms with Crippen LogP contribution in [-0.4, -0.2) is 71.8 Å². The van der Waals surface area contributed by atoms with E-state index in [4.69, 9.17) is 4.74 Å². The molecule has 0 aromatic heterocycles. The summed E-state index contributed by atoms with van der Waals surface area (Å²) in [4.78, 5) is 16.4. The molecule has 0 aliphatic carbocycles. The molecule has 3 rings (SSSR count). The first-order valence-corrected chi connectivity index (χ1v) is 8.52. The lowest BCUT2D eigenvalue weighted by atomic mass is 9.82. The van der Waals surface area contributed by atoms with Crippen molar-refractivity contribution in [3.8, 4) is 0 Å². The molecule has 0 unspecified atom stereocenters. The Hall–Kier alpha value is -0.650. The molecule has 1 atom stereocenters. The minimum Gasteiger partial charge on any atom is -0.390 e. The van der Waals surface area contributed by atoms with E-state index in [2.05, 4.69) is 4.90 Å². The first kappa shape index (κ1) is 15.3. The van der Waals surface area contributed by atoms with Gasteiger partial charge in [0.15, 0.2) is 0 Å². The lowest BCUT2D eigenvalue weighted by Gasteiger charge is -2.46. The molecule has 5 nitrogen and oxygen atoms in total. The van der Waals surface area contributed by atoms with Gasteiger partial charge in [-0.15, -0.1) is 0 Å². The van der Waals surface area contributed by atoms with Gasteiger partial charge in [-0.1, -0.05) is 0 Å². The normalized spacial score (nSPS) is 30.0. The monoisotopic (exact) mass is 296 g/mol. The number of likely N-dealkylation sites (tertiary alicyclic amines) is 2. The number of hydrogen-bond donors (Lipinski definition) is 1. The molecule has 0 aromatic carbocycles. The summed E-state index contributed by atoms with van der Waals surface area (Å²) in [5.41, 5.74) is -0.298. The maximum Gasteiger partial charge on any atom is 0.223 e. The summed E-state index contributed by atoms with van der Waals surface area (Å²) < 4.78 is 5.92. The van der Waals surface area contributed by atoms with E-state index >= 15 is 0 Å². The molecular weight excluding hydrogens is 268 g/mol. The van der Waals surface area contributed by atoms with Gasteiger partial charge in [-0.05, 0) is 38.5 Å². The summed E-state index contributed by atoms with van der Waals surface area (Å²) in [6, 6.07) is 0. The number of ether oxygens (including phenoxy) is 1. The molecule has 0 radical (unpaired) electrons. The summed E-state index contributed by atoms with van der Waals surface area (Å²) in [6.07, 6.45) is 6.28. The largest absolute Gasteiger partial charge is 0.390 e. The van der Waals surface area contributed by atoms with E-state index in [1.54, 1.807) is 0 Å². The predicted molar refractivity (Wildman–Crippen MR) is 80.0 cm³/mol. The second kappa shape index (κ2) is 6.63. The predicted octanol–water partition coefficient (Wildman–Crippen LogP) is 1.00. The number of hydrogen-bond acceptors (Lipinski definition) is 4. The zero-order chi connectivity index (χ0) is 14.7. The molecule has 3 fully saturated rings. The van der Waals surface area contributed by atoms with Crippen LogP contribution in [0, 0.1) is 0 Å². The van der Waals surface area contributed by atoms with Crippen molar-refractivity contribution >= 4 is 5.91 Å². The van der Waals surface area contributed by atoms with Gasteiger partial charge in [0.25, 0.3) is 0 Å².